The van der Waals surface area contributed by atoms with Gasteiger partial charge in [-0.05, 0) is 38.0 Å². The third-order valence-corrected chi connectivity index (χ3v) is 5.27. The third kappa shape index (κ3) is 3.66. The van der Waals surface area contributed by atoms with Crippen molar-refractivity contribution in [1.29, 1.82) is 5.26 Å². The number of amides is 2. The Kier molecular flexibility index (Phi) is 5.30. The van der Waals surface area contributed by atoms with Gasteiger partial charge in [0, 0.05) is 25.6 Å². The van der Waals surface area contributed by atoms with Crippen LogP contribution in [-0.2, 0) is 9.59 Å². The van der Waals surface area contributed by atoms with Crippen molar-refractivity contribution in [2.45, 2.75) is 71.0 Å². The summed E-state index contributed by atoms with van der Waals surface area (Å²) in [5.74, 6) is -0.136. The maximum atomic E-state index is 12.7. The van der Waals surface area contributed by atoms with Gasteiger partial charge in [0.25, 0.3) is 0 Å². The maximum Gasteiger partial charge on any atom is 0.241 e. The molecule has 2 heterocycles. The second-order valence-corrected chi connectivity index (χ2v) is 7.54. The number of nitrogens with two attached hydrogens (primary N) is 1. The summed E-state index contributed by atoms with van der Waals surface area (Å²) in [4.78, 5) is 28.7. The van der Waals surface area contributed by atoms with Crippen LogP contribution in [0.3, 0.4) is 0 Å². The zero-order chi connectivity index (χ0) is 17.2. The fraction of sp³-hybridized carbons (Fsp3) is 0.824. The molecule has 23 heavy (non-hydrogen) atoms. The molecule has 6 heteroatoms. The van der Waals surface area contributed by atoms with Crippen molar-refractivity contribution in [2.24, 2.45) is 11.1 Å². The first-order valence-electron chi connectivity index (χ1n) is 8.53. The number of hydrogen-bond acceptors (Lipinski definition) is 4. The molecule has 2 aliphatic rings. The van der Waals surface area contributed by atoms with E-state index < -0.39 is 11.5 Å². The lowest BCUT2D eigenvalue weighted by molar-refractivity contribution is -0.138. The van der Waals surface area contributed by atoms with Gasteiger partial charge in [-0.1, -0.05) is 13.8 Å². The van der Waals surface area contributed by atoms with E-state index in [9.17, 15) is 9.59 Å². The van der Waals surface area contributed by atoms with E-state index in [1.807, 2.05) is 18.7 Å². The second kappa shape index (κ2) is 6.88. The molecule has 6 nitrogen and oxygen atoms in total. The zero-order valence-electron chi connectivity index (χ0n) is 14.4. The molecule has 2 amide bonds. The predicted octanol–water partition coefficient (Wildman–Crippen LogP) is 1.26. The smallest absolute Gasteiger partial charge is 0.241 e. The van der Waals surface area contributed by atoms with Crippen LogP contribution >= 0.6 is 0 Å². The summed E-state index contributed by atoms with van der Waals surface area (Å²) in [6.07, 6.45) is 3.88. The van der Waals surface area contributed by atoms with Crippen LogP contribution in [0.1, 0.15) is 52.9 Å². The number of carbonyl (C=O) groups excluding carboxylic acids is 2. The van der Waals surface area contributed by atoms with Crippen molar-refractivity contribution in [3.8, 4) is 6.07 Å². The first kappa shape index (κ1) is 17.7. The van der Waals surface area contributed by atoms with Gasteiger partial charge in [0.05, 0.1) is 12.1 Å². The van der Waals surface area contributed by atoms with E-state index in [1.54, 1.807) is 4.90 Å². The van der Waals surface area contributed by atoms with Crippen molar-refractivity contribution in [1.82, 2.24) is 9.80 Å². The number of rotatable bonds is 4. The molecule has 0 bridgehead atoms. The highest BCUT2D eigenvalue weighted by Gasteiger charge is 2.41. The number of likely N-dealkylation sites (tertiary alicyclic amines) is 2. The topological polar surface area (TPSA) is 90.4 Å². The van der Waals surface area contributed by atoms with Gasteiger partial charge in [0.15, 0.2) is 0 Å². The third-order valence-electron chi connectivity index (χ3n) is 5.27. The Bertz CT molecular complexity index is 511. The molecule has 0 spiro atoms. The molecule has 2 rings (SSSR count). The average molecular weight is 320 g/mol. The minimum Gasteiger partial charge on any atom is -0.340 e. The number of nitrogens with zero attached hydrogens (tertiary/aromatic N) is 3. The molecule has 0 aliphatic carbocycles. The van der Waals surface area contributed by atoms with Gasteiger partial charge in [-0.3, -0.25) is 9.59 Å². The molecule has 0 aromatic carbocycles. The molecule has 0 aromatic heterocycles. The summed E-state index contributed by atoms with van der Waals surface area (Å²) >= 11 is 0. The Balaban J connectivity index is 2.01. The molecule has 2 aliphatic heterocycles. The quantitative estimate of drug-likeness (QED) is 0.844. The lowest BCUT2D eigenvalue weighted by Gasteiger charge is -2.35. The van der Waals surface area contributed by atoms with Crippen LogP contribution < -0.4 is 5.73 Å². The molecule has 2 N–H and O–H groups in total. The van der Waals surface area contributed by atoms with E-state index >= 15 is 0 Å². The molecular weight excluding hydrogens is 292 g/mol. The van der Waals surface area contributed by atoms with Gasteiger partial charge in [-0.2, -0.15) is 5.26 Å². The summed E-state index contributed by atoms with van der Waals surface area (Å²) in [6.45, 7) is 7.17. The molecule has 128 valence electrons. The van der Waals surface area contributed by atoms with Crippen LogP contribution in [0.5, 0.6) is 0 Å². The number of carbonyl (C=O) groups is 2. The van der Waals surface area contributed by atoms with Crippen LogP contribution in [0.4, 0.5) is 0 Å². The predicted molar refractivity (Wildman–Crippen MR) is 87.1 cm³/mol. The van der Waals surface area contributed by atoms with Crippen LogP contribution in [0, 0.1) is 16.7 Å². The lowest BCUT2D eigenvalue weighted by atomic mass is 9.80. The van der Waals surface area contributed by atoms with Gasteiger partial charge in [0.1, 0.15) is 6.04 Å². The Morgan fingerprint density at radius 3 is 2.43 bits per heavy atom. The summed E-state index contributed by atoms with van der Waals surface area (Å²) < 4.78 is 0. The van der Waals surface area contributed by atoms with E-state index in [0.29, 0.717) is 13.0 Å². The second-order valence-electron chi connectivity index (χ2n) is 7.54. The highest BCUT2D eigenvalue weighted by molar-refractivity contribution is 5.85. The highest BCUT2D eigenvalue weighted by Crippen LogP contribution is 2.30. The van der Waals surface area contributed by atoms with Crippen LogP contribution in [0.15, 0.2) is 0 Å². The highest BCUT2D eigenvalue weighted by atomic mass is 16.2. The molecule has 0 saturated carbocycles. The molecule has 2 saturated heterocycles. The summed E-state index contributed by atoms with van der Waals surface area (Å²) in [5, 5.41) is 9.14. The SMILES string of the molecule is C[C@@H]1CCCN1C(=O)CC(C)(C)[C@H](N)C(=O)N1CCC[C@H]1C#N. The fourth-order valence-electron chi connectivity index (χ4n) is 3.58. The van der Waals surface area contributed by atoms with Crippen molar-refractivity contribution in [2.75, 3.05) is 13.1 Å². The Labute approximate surface area is 138 Å². The molecule has 2 fully saturated rings. The number of nitriles is 1. The minimum atomic E-state index is -0.765. The van der Waals surface area contributed by atoms with Crippen molar-refractivity contribution in [3.63, 3.8) is 0 Å². The first-order valence-corrected chi connectivity index (χ1v) is 8.53. The Morgan fingerprint density at radius 2 is 1.87 bits per heavy atom. The van der Waals surface area contributed by atoms with E-state index in [-0.39, 0.29) is 30.3 Å². The molecule has 0 radical (unpaired) electrons. The largest absolute Gasteiger partial charge is 0.340 e. The molecule has 0 aromatic rings. The van der Waals surface area contributed by atoms with Crippen LogP contribution in [0.2, 0.25) is 0 Å². The van der Waals surface area contributed by atoms with E-state index in [2.05, 4.69) is 13.0 Å². The molecular formula is C17H28N4O2. The van der Waals surface area contributed by atoms with E-state index in [4.69, 9.17) is 11.0 Å². The minimum absolute atomic E-state index is 0.0708. The van der Waals surface area contributed by atoms with Crippen LogP contribution in [-0.4, -0.2) is 52.8 Å². The molecule has 3 atom stereocenters. The maximum absolute atomic E-state index is 12.7. The average Bonchev–Trinajstić information content (AvgIpc) is 3.13. The van der Waals surface area contributed by atoms with Gasteiger partial charge < -0.3 is 15.5 Å². The first-order chi connectivity index (χ1) is 10.8. The van der Waals surface area contributed by atoms with Gasteiger partial charge in [-0.25, -0.2) is 0 Å². The van der Waals surface area contributed by atoms with E-state index in [1.165, 1.54) is 0 Å². The monoisotopic (exact) mass is 320 g/mol. The number of hydrogen-bond donors (Lipinski definition) is 1. The van der Waals surface area contributed by atoms with Gasteiger partial charge in [0.2, 0.25) is 11.8 Å². The lowest BCUT2D eigenvalue weighted by Crippen LogP contribution is -2.53. The summed E-state index contributed by atoms with van der Waals surface area (Å²) in [7, 11) is 0. The fourth-order valence-corrected chi connectivity index (χ4v) is 3.58. The van der Waals surface area contributed by atoms with Crippen molar-refractivity contribution in [3.05, 3.63) is 0 Å². The van der Waals surface area contributed by atoms with Gasteiger partial charge >= 0.3 is 0 Å². The van der Waals surface area contributed by atoms with Crippen molar-refractivity contribution >= 4 is 11.8 Å². The van der Waals surface area contributed by atoms with E-state index in [0.717, 1.165) is 25.8 Å². The normalized spacial score (nSPS) is 26.2. The molecule has 0 unspecified atom stereocenters. The van der Waals surface area contributed by atoms with Crippen LogP contribution in [0.25, 0.3) is 0 Å². The van der Waals surface area contributed by atoms with Gasteiger partial charge in [-0.15, -0.1) is 0 Å². The summed E-state index contributed by atoms with van der Waals surface area (Å²) in [5.41, 5.74) is 5.58. The zero-order valence-corrected chi connectivity index (χ0v) is 14.4. The Morgan fingerprint density at radius 1 is 1.26 bits per heavy atom. The summed E-state index contributed by atoms with van der Waals surface area (Å²) in [6, 6.07) is 1.30. The standard InChI is InChI=1S/C17H28N4O2/c1-12-6-4-8-20(12)14(22)10-17(2,3)15(19)16(23)21-9-5-7-13(21)11-18/h12-13,15H,4-10,19H2,1-3H3/t12-,13+,15-/m1/s1. The van der Waals surface area contributed by atoms with Crippen molar-refractivity contribution < 1.29 is 9.59 Å². The Hall–Kier alpha value is -1.61.